The van der Waals surface area contributed by atoms with Crippen LogP contribution in [0, 0.1) is 6.92 Å². The number of likely N-dealkylation sites (tertiary alicyclic amines) is 1. The van der Waals surface area contributed by atoms with Gasteiger partial charge in [-0.2, -0.15) is 0 Å². The average Bonchev–Trinajstić information content (AvgIpc) is 3.27. The van der Waals surface area contributed by atoms with Crippen molar-refractivity contribution >= 4 is 16.9 Å². The van der Waals surface area contributed by atoms with E-state index in [0.717, 1.165) is 52.7 Å². The van der Waals surface area contributed by atoms with E-state index in [2.05, 4.69) is 28.9 Å². The first-order valence-electron chi connectivity index (χ1n) is 10.8. The van der Waals surface area contributed by atoms with Crippen molar-refractivity contribution in [3.63, 3.8) is 0 Å². The topological polar surface area (TPSA) is 74.8 Å². The quantitative estimate of drug-likeness (QED) is 0.565. The summed E-state index contributed by atoms with van der Waals surface area (Å²) in [5.74, 6) is -0.0307. The van der Waals surface area contributed by atoms with Crippen LogP contribution < -0.4 is 4.74 Å². The number of methoxy groups -OCH3 is 1. The van der Waals surface area contributed by atoms with Gasteiger partial charge in [0.2, 0.25) is 0 Å². The lowest BCUT2D eigenvalue weighted by atomic mass is 9.89. The number of aromatic nitrogens is 1. The first-order chi connectivity index (χ1) is 15.0. The number of hydrogen-bond donors (Lipinski definition) is 2. The first kappa shape index (κ1) is 21.4. The first-order valence-corrected chi connectivity index (χ1v) is 10.8. The highest BCUT2D eigenvalue weighted by molar-refractivity contribution is 5.90. The van der Waals surface area contributed by atoms with Gasteiger partial charge >= 0.3 is 5.97 Å². The van der Waals surface area contributed by atoms with E-state index < -0.39 is 5.97 Å². The Morgan fingerprint density at radius 3 is 2.84 bits per heavy atom. The molecule has 4 rings (SSSR count). The highest BCUT2D eigenvalue weighted by atomic mass is 16.5. The number of aryl methyl sites for hydroxylation is 1. The SMILES string of the molecule is CCOC1CCN(Cc2c(OC)cc(C)c3[nH]ccc23)C(c2ccccc2C(=O)O)C1. The molecule has 1 aliphatic rings. The highest BCUT2D eigenvalue weighted by Crippen LogP contribution is 2.38. The third-order valence-electron chi connectivity index (χ3n) is 6.31. The molecular weight excluding hydrogens is 392 g/mol. The maximum Gasteiger partial charge on any atom is 0.336 e. The van der Waals surface area contributed by atoms with E-state index in [1.807, 2.05) is 25.3 Å². The lowest BCUT2D eigenvalue weighted by Gasteiger charge is -2.40. The van der Waals surface area contributed by atoms with E-state index in [9.17, 15) is 9.90 Å². The molecule has 2 heterocycles. The number of ether oxygens (including phenoxy) is 2. The molecule has 0 radical (unpaired) electrons. The summed E-state index contributed by atoms with van der Waals surface area (Å²) in [5, 5.41) is 10.9. The molecule has 1 saturated heterocycles. The number of carboxylic acid groups (broad SMARTS) is 1. The number of benzene rings is 2. The Labute approximate surface area is 182 Å². The summed E-state index contributed by atoms with van der Waals surface area (Å²) in [6, 6.07) is 11.4. The van der Waals surface area contributed by atoms with Crippen molar-refractivity contribution in [3.05, 3.63) is 64.8 Å². The summed E-state index contributed by atoms with van der Waals surface area (Å²) in [6.07, 6.45) is 3.77. The Hall–Kier alpha value is -2.83. The number of H-pyrrole nitrogens is 1. The second-order valence-corrected chi connectivity index (χ2v) is 8.12. The van der Waals surface area contributed by atoms with Gasteiger partial charge in [-0.15, -0.1) is 0 Å². The number of nitrogens with zero attached hydrogens (tertiary/aromatic N) is 1. The number of carbonyl (C=O) groups is 1. The highest BCUT2D eigenvalue weighted by Gasteiger charge is 2.33. The molecule has 31 heavy (non-hydrogen) atoms. The lowest BCUT2D eigenvalue weighted by Crippen LogP contribution is -2.40. The molecule has 1 fully saturated rings. The Balaban J connectivity index is 1.75. The van der Waals surface area contributed by atoms with E-state index >= 15 is 0 Å². The number of piperidine rings is 1. The predicted octanol–water partition coefficient (Wildman–Crippen LogP) is 4.93. The fourth-order valence-electron chi connectivity index (χ4n) is 4.85. The summed E-state index contributed by atoms with van der Waals surface area (Å²) < 4.78 is 11.7. The number of aromatic carboxylic acids is 1. The van der Waals surface area contributed by atoms with Gasteiger partial charge in [-0.3, -0.25) is 4.90 Å². The van der Waals surface area contributed by atoms with Crippen LogP contribution in [0.15, 0.2) is 42.6 Å². The monoisotopic (exact) mass is 422 g/mol. The fraction of sp³-hybridized carbons (Fsp3) is 0.400. The number of rotatable bonds is 7. The van der Waals surface area contributed by atoms with Gasteiger partial charge in [-0.05, 0) is 56.0 Å². The van der Waals surface area contributed by atoms with Crippen molar-refractivity contribution in [2.75, 3.05) is 20.3 Å². The standard InChI is InChI=1S/C25H30N2O4/c1-4-31-17-10-12-27(22(14-17)18-7-5-6-8-20(18)25(28)29)15-21-19-9-11-26-24(19)16(2)13-23(21)30-3/h5-9,11,13,17,22,26H,4,10,12,14-15H2,1-3H3,(H,28,29). The predicted molar refractivity (Wildman–Crippen MR) is 121 cm³/mol. The van der Waals surface area contributed by atoms with E-state index in [1.165, 1.54) is 0 Å². The minimum atomic E-state index is -0.893. The van der Waals surface area contributed by atoms with Crippen molar-refractivity contribution in [2.45, 2.75) is 45.4 Å². The normalized spacial score (nSPS) is 19.6. The molecule has 2 atom stereocenters. The van der Waals surface area contributed by atoms with E-state index in [4.69, 9.17) is 9.47 Å². The van der Waals surface area contributed by atoms with E-state index in [0.29, 0.717) is 18.7 Å². The van der Waals surface area contributed by atoms with Crippen LogP contribution in [-0.4, -0.2) is 47.3 Å². The van der Waals surface area contributed by atoms with Crippen LogP contribution in [0.2, 0.25) is 0 Å². The zero-order chi connectivity index (χ0) is 22.0. The second kappa shape index (κ2) is 9.12. The molecule has 2 unspecified atom stereocenters. The Morgan fingerprint density at radius 2 is 2.10 bits per heavy atom. The zero-order valence-electron chi connectivity index (χ0n) is 18.4. The van der Waals surface area contributed by atoms with Gasteiger partial charge < -0.3 is 19.6 Å². The number of carboxylic acids is 1. The van der Waals surface area contributed by atoms with Crippen molar-refractivity contribution < 1.29 is 19.4 Å². The summed E-state index contributed by atoms with van der Waals surface area (Å²) in [6.45, 7) is 6.24. The van der Waals surface area contributed by atoms with Crippen molar-refractivity contribution in [1.29, 1.82) is 0 Å². The van der Waals surface area contributed by atoms with Gasteiger partial charge in [-0.25, -0.2) is 4.79 Å². The molecule has 0 bridgehead atoms. The largest absolute Gasteiger partial charge is 0.496 e. The summed E-state index contributed by atoms with van der Waals surface area (Å²) in [7, 11) is 1.70. The van der Waals surface area contributed by atoms with Crippen LogP contribution >= 0.6 is 0 Å². The van der Waals surface area contributed by atoms with Crippen molar-refractivity contribution in [3.8, 4) is 5.75 Å². The van der Waals surface area contributed by atoms with Crippen LogP contribution in [0.4, 0.5) is 0 Å². The van der Waals surface area contributed by atoms with E-state index in [-0.39, 0.29) is 12.1 Å². The molecule has 0 saturated carbocycles. The minimum absolute atomic E-state index is 0.0439. The molecule has 1 aliphatic heterocycles. The summed E-state index contributed by atoms with van der Waals surface area (Å²) in [4.78, 5) is 17.6. The van der Waals surface area contributed by atoms with Crippen LogP contribution in [0.1, 0.15) is 52.9 Å². The Bertz CT molecular complexity index is 1070. The molecule has 6 heteroatoms. The number of nitrogens with one attached hydrogen (secondary N) is 1. The maximum absolute atomic E-state index is 11.9. The van der Waals surface area contributed by atoms with Gasteiger partial charge in [0, 0.05) is 48.4 Å². The average molecular weight is 423 g/mol. The van der Waals surface area contributed by atoms with Crippen molar-refractivity contribution in [2.24, 2.45) is 0 Å². The van der Waals surface area contributed by atoms with E-state index in [1.54, 1.807) is 19.2 Å². The molecule has 1 aromatic heterocycles. The summed E-state index contributed by atoms with van der Waals surface area (Å²) in [5.41, 5.74) is 4.58. The number of fused-ring (bicyclic) bond motifs is 1. The zero-order valence-corrected chi connectivity index (χ0v) is 18.4. The van der Waals surface area contributed by atoms with Gasteiger partial charge in [0.25, 0.3) is 0 Å². The molecule has 164 valence electrons. The van der Waals surface area contributed by atoms with Crippen LogP contribution in [0.5, 0.6) is 5.75 Å². The Kier molecular flexibility index (Phi) is 6.30. The molecule has 0 aliphatic carbocycles. The smallest absolute Gasteiger partial charge is 0.336 e. The van der Waals surface area contributed by atoms with Crippen LogP contribution in [0.25, 0.3) is 10.9 Å². The fourth-order valence-corrected chi connectivity index (χ4v) is 4.85. The van der Waals surface area contributed by atoms with Gasteiger partial charge in [0.15, 0.2) is 0 Å². The maximum atomic E-state index is 11.9. The summed E-state index contributed by atoms with van der Waals surface area (Å²) >= 11 is 0. The van der Waals surface area contributed by atoms with Gasteiger partial charge in [-0.1, -0.05) is 18.2 Å². The van der Waals surface area contributed by atoms with Crippen molar-refractivity contribution in [1.82, 2.24) is 9.88 Å². The second-order valence-electron chi connectivity index (χ2n) is 8.12. The Morgan fingerprint density at radius 1 is 1.29 bits per heavy atom. The lowest BCUT2D eigenvalue weighted by molar-refractivity contribution is -0.0141. The minimum Gasteiger partial charge on any atom is -0.496 e. The number of hydrogen-bond acceptors (Lipinski definition) is 4. The van der Waals surface area contributed by atoms with Gasteiger partial charge in [0.1, 0.15) is 5.75 Å². The van der Waals surface area contributed by atoms with Crippen LogP contribution in [-0.2, 0) is 11.3 Å². The third-order valence-corrected chi connectivity index (χ3v) is 6.31. The van der Waals surface area contributed by atoms with Gasteiger partial charge in [0.05, 0.1) is 18.8 Å². The molecule has 2 aromatic carbocycles. The molecular formula is C25H30N2O4. The molecule has 0 amide bonds. The number of aromatic amines is 1. The molecule has 2 N–H and O–H groups in total. The van der Waals surface area contributed by atoms with Crippen LogP contribution in [0.3, 0.4) is 0 Å². The molecule has 0 spiro atoms. The molecule has 3 aromatic rings. The molecule has 6 nitrogen and oxygen atoms in total. The third kappa shape index (κ3) is 4.18.